The van der Waals surface area contributed by atoms with Gasteiger partial charge in [-0.25, -0.2) is 15.2 Å². The Bertz CT molecular complexity index is 989. The maximum absolute atomic E-state index is 12.2. The number of hydrogen-bond acceptors (Lipinski definition) is 7. The number of benzene rings is 2. The maximum Gasteiger partial charge on any atom is 0.343 e. The largest absolute Gasteiger partial charge is 0.497 e. The average Bonchev–Trinajstić information content (AvgIpc) is 2.74. The van der Waals surface area contributed by atoms with E-state index < -0.39 is 11.9 Å². The molecule has 2 aromatic carbocycles. The molecular formula is C20H16N4O4. The maximum atomic E-state index is 12.2. The summed E-state index contributed by atoms with van der Waals surface area (Å²) in [7, 11) is 1.55. The van der Waals surface area contributed by atoms with Gasteiger partial charge in [-0.2, -0.15) is 5.10 Å². The first-order valence-electron chi connectivity index (χ1n) is 8.21. The molecule has 0 atom stereocenters. The van der Waals surface area contributed by atoms with Crippen molar-refractivity contribution in [1.29, 1.82) is 0 Å². The molecule has 28 heavy (non-hydrogen) atoms. The van der Waals surface area contributed by atoms with Gasteiger partial charge >= 0.3 is 5.97 Å². The molecule has 1 aromatic heterocycles. The van der Waals surface area contributed by atoms with Crippen molar-refractivity contribution in [1.82, 2.24) is 15.4 Å². The van der Waals surface area contributed by atoms with Crippen LogP contribution in [0.25, 0.3) is 0 Å². The summed E-state index contributed by atoms with van der Waals surface area (Å²) in [6.45, 7) is 0. The normalized spacial score (nSPS) is 10.5. The Kier molecular flexibility index (Phi) is 6.04. The van der Waals surface area contributed by atoms with Gasteiger partial charge in [-0.15, -0.1) is 0 Å². The number of esters is 1. The fourth-order valence-electron chi connectivity index (χ4n) is 2.19. The molecule has 0 bridgehead atoms. The number of amides is 1. The fraction of sp³-hybridized carbons (Fsp3) is 0.0500. The highest BCUT2D eigenvalue weighted by molar-refractivity contribution is 5.93. The number of nitrogens with one attached hydrogen (secondary N) is 1. The van der Waals surface area contributed by atoms with Gasteiger partial charge in [-0.1, -0.05) is 12.1 Å². The summed E-state index contributed by atoms with van der Waals surface area (Å²) in [4.78, 5) is 31.8. The Morgan fingerprint density at radius 3 is 2.61 bits per heavy atom. The number of methoxy groups -OCH3 is 1. The fourth-order valence-corrected chi connectivity index (χ4v) is 2.19. The summed E-state index contributed by atoms with van der Waals surface area (Å²) in [5.74, 6) is 0.0300. The van der Waals surface area contributed by atoms with Gasteiger partial charge in [0.1, 0.15) is 17.2 Å². The van der Waals surface area contributed by atoms with Crippen LogP contribution in [-0.4, -0.2) is 35.2 Å². The molecule has 0 unspecified atom stereocenters. The van der Waals surface area contributed by atoms with Crippen LogP contribution in [0.5, 0.6) is 11.5 Å². The van der Waals surface area contributed by atoms with Crippen LogP contribution < -0.4 is 14.9 Å². The predicted octanol–water partition coefficient (Wildman–Crippen LogP) is 2.47. The number of aromatic nitrogens is 2. The smallest absolute Gasteiger partial charge is 0.343 e. The molecule has 0 radical (unpaired) electrons. The summed E-state index contributed by atoms with van der Waals surface area (Å²) in [6.07, 6.45) is 5.65. The zero-order valence-electron chi connectivity index (χ0n) is 14.9. The summed E-state index contributed by atoms with van der Waals surface area (Å²) >= 11 is 0. The number of nitrogens with zero attached hydrogens (tertiary/aromatic N) is 3. The van der Waals surface area contributed by atoms with Gasteiger partial charge in [0, 0.05) is 12.4 Å². The van der Waals surface area contributed by atoms with E-state index in [2.05, 4.69) is 20.5 Å². The second kappa shape index (κ2) is 9.04. The highest BCUT2D eigenvalue weighted by Crippen LogP contribution is 2.16. The van der Waals surface area contributed by atoms with Gasteiger partial charge < -0.3 is 9.47 Å². The molecule has 1 N–H and O–H groups in total. The van der Waals surface area contributed by atoms with E-state index in [4.69, 9.17) is 9.47 Å². The minimum Gasteiger partial charge on any atom is -0.497 e. The molecule has 3 rings (SSSR count). The van der Waals surface area contributed by atoms with Crippen molar-refractivity contribution in [3.8, 4) is 11.5 Å². The van der Waals surface area contributed by atoms with Crippen molar-refractivity contribution in [2.24, 2.45) is 5.10 Å². The van der Waals surface area contributed by atoms with E-state index in [1.165, 1.54) is 24.8 Å². The summed E-state index contributed by atoms with van der Waals surface area (Å²) in [5.41, 5.74) is 3.54. The number of rotatable bonds is 6. The molecule has 8 heteroatoms. The van der Waals surface area contributed by atoms with E-state index in [1.807, 2.05) is 0 Å². The molecule has 1 amide bonds. The zero-order chi connectivity index (χ0) is 19.8. The van der Waals surface area contributed by atoms with Crippen molar-refractivity contribution in [3.05, 3.63) is 83.9 Å². The lowest BCUT2D eigenvalue weighted by molar-refractivity contribution is 0.0734. The van der Waals surface area contributed by atoms with E-state index in [0.29, 0.717) is 22.6 Å². The van der Waals surface area contributed by atoms with Crippen LogP contribution in [0.4, 0.5) is 0 Å². The Morgan fingerprint density at radius 2 is 1.89 bits per heavy atom. The lowest BCUT2D eigenvalue weighted by atomic mass is 10.2. The molecule has 3 aromatic rings. The quantitative estimate of drug-likeness (QED) is 0.307. The molecule has 0 aliphatic heterocycles. The summed E-state index contributed by atoms with van der Waals surface area (Å²) < 4.78 is 10.4. The van der Waals surface area contributed by atoms with Crippen LogP contribution in [0.2, 0.25) is 0 Å². The van der Waals surface area contributed by atoms with E-state index >= 15 is 0 Å². The van der Waals surface area contributed by atoms with Gasteiger partial charge in [-0.05, 0) is 42.0 Å². The highest BCUT2D eigenvalue weighted by Gasteiger charge is 2.09. The lowest BCUT2D eigenvalue weighted by Crippen LogP contribution is -2.19. The van der Waals surface area contributed by atoms with Crippen LogP contribution in [-0.2, 0) is 0 Å². The van der Waals surface area contributed by atoms with Gasteiger partial charge in [0.25, 0.3) is 5.91 Å². The monoisotopic (exact) mass is 376 g/mol. The number of ether oxygens (including phenoxy) is 2. The third-order valence-corrected chi connectivity index (χ3v) is 3.57. The van der Waals surface area contributed by atoms with E-state index in [9.17, 15) is 9.59 Å². The standard InChI is InChI=1S/C20H16N4O4/c1-27-16-7-5-15(6-8-16)20(26)28-17-4-2-3-14(11-17)12-23-24-19(25)18-13-21-9-10-22-18/h2-13H,1H3,(H,24,25)/b23-12-. The van der Waals surface area contributed by atoms with Crippen molar-refractivity contribution >= 4 is 18.1 Å². The molecule has 0 saturated carbocycles. The van der Waals surface area contributed by atoms with Crippen LogP contribution in [0, 0.1) is 0 Å². The molecular weight excluding hydrogens is 360 g/mol. The third kappa shape index (κ3) is 4.98. The molecule has 0 aliphatic rings. The topological polar surface area (TPSA) is 103 Å². The van der Waals surface area contributed by atoms with Gasteiger partial charge in [0.15, 0.2) is 0 Å². The average molecular weight is 376 g/mol. The molecule has 140 valence electrons. The Morgan fingerprint density at radius 1 is 1.07 bits per heavy atom. The molecule has 0 aliphatic carbocycles. The van der Waals surface area contributed by atoms with Crippen LogP contribution in [0.1, 0.15) is 26.4 Å². The van der Waals surface area contributed by atoms with E-state index in [1.54, 1.807) is 55.6 Å². The van der Waals surface area contributed by atoms with Crippen molar-refractivity contribution in [2.75, 3.05) is 7.11 Å². The zero-order valence-corrected chi connectivity index (χ0v) is 14.9. The van der Waals surface area contributed by atoms with Gasteiger partial charge in [-0.3, -0.25) is 9.78 Å². The molecule has 0 saturated heterocycles. The second-order valence-electron chi connectivity index (χ2n) is 5.48. The third-order valence-electron chi connectivity index (χ3n) is 3.57. The number of hydrazone groups is 1. The molecule has 1 heterocycles. The van der Waals surface area contributed by atoms with E-state index in [-0.39, 0.29) is 5.69 Å². The molecule has 8 nitrogen and oxygen atoms in total. The first-order valence-corrected chi connectivity index (χ1v) is 8.21. The first kappa shape index (κ1) is 18.7. The van der Waals surface area contributed by atoms with E-state index in [0.717, 1.165) is 0 Å². The van der Waals surface area contributed by atoms with Crippen molar-refractivity contribution in [3.63, 3.8) is 0 Å². The molecule has 0 spiro atoms. The minimum absolute atomic E-state index is 0.154. The summed E-state index contributed by atoms with van der Waals surface area (Å²) in [6, 6.07) is 13.3. The van der Waals surface area contributed by atoms with Crippen molar-refractivity contribution in [2.45, 2.75) is 0 Å². The van der Waals surface area contributed by atoms with Crippen LogP contribution in [0.3, 0.4) is 0 Å². The Hall–Kier alpha value is -4.07. The first-order chi connectivity index (χ1) is 13.7. The molecule has 0 fully saturated rings. The van der Waals surface area contributed by atoms with Gasteiger partial charge in [0.05, 0.1) is 25.1 Å². The minimum atomic E-state index is -0.493. The van der Waals surface area contributed by atoms with Crippen LogP contribution in [0.15, 0.2) is 72.2 Å². The Balaban J connectivity index is 1.61. The van der Waals surface area contributed by atoms with Gasteiger partial charge in [0.2, 0.25) is 0 Å². The number of carbonyl (C=O) groups is 2. The second-order valence-corrected chi connectivity index (χ2v) is 5.48. The van der Waals surface area contributed by atoms with Crippen LogP contribution >= 0.6 is 0 Å². The number of hydrogen-bond donors (Lipinski definition) is 1. The summed E-state index contributed by atoms with van der Waals surface area (Å²) in [5, 5.41) is 3.87. The predicted molar refractivity (Wildman–Crippen MR) is 101 cm³/mol. The lowest BCUT2D eigenvalue weighted by Gasteiger charge is -2.06. The Labute approximate surface area is 160 Å². The highest BCUT2D eigenvalue weighted by atomic mass is 16.5. The number of carbonyl (C=O) groups excluding carboxylic acids is 2. The SMILES string of the molecule is COc1ccc(C(=O)Oc2cccc(/C=N\NC(=O)c3cnccn3)c2)cc1. The van der Waals surface area contributed by atoms with Crippen molar-refractivity contribution < 1.29 is 19.1 Å².